The molecule has 3 heterocycles. The molecule has 6 aromatic carbocycles. The second-order valence-electron chi connectivity index (χ2n) is 13.7. The van der Waals surface area contributed by atoms with Gasteiger partial charge in [-0.2, -0.15) is 0 Å². The van der Waals surface area contributed by atoms with E-state index in [9.17, 15) is 80.8 Å². The van der Waals surface area contributed by atoms with E-state index in [-0.39, 0.29) is 102 Å². The van der Waals surface area contributed by atoms with Gasteiger partial charge in [0.15, 0.2) is 39.9 Å². The van der Waals surface area contributed by atoms with Gasteiger partial charge in [0.2, 0.25) is 22.4 Å². The second kappa shape index (κ2) is 16.4. The zero-order valence-corrected chi connectivity index (χ0v) is 32.1. The Bertz CT molecular complexity index is 3490. The molecule has 19 nitrogen and oxygen atoms in total. The molecular weight excluding hydrogens is 844 g/mol. The van der Waals surface area contributed by atoms with E-state index < -0.39 is 45.0 Å². The van der Waals surface area contributed by atoms with E-state index in [4.69, 9.17) is 13.3 Å². The van der Waals surface area contributed by atoms with Crippen molar-refractivity contribution in [2.24, 2.45) is 0 Å². The SMILES string of the molecule is O=c1c(O)c(-c2ccc(O)c(O)c2)oc2cc(O)cc(O)c12.O=c1c(O)c(-c2ccc(O)cc2)oc2cc(O)cc(O)c12.O=c1cc(-c2ccc(O)c(O)c2)oc2cc(O)cc(O)c12. The summed E-state index contributed by atoms with van der Waals surface area (Å²) < 4.78 is 16.2. The molecule has 0 aliphatic heterocycles. The summed E-state index contributed by atoms with van der Waals surface area (Å²) in [6, 6.07) is 20.8. The van der Waals surface area contributed by atoms with Crippen LogP contribution in [-0.4, -0.2) is 66.4 Å². The number of hydrogen-bond donors (Lipinski definition) is 13. The highest BCUT2D eigenvalue weighted by Gasteiger charge is 2.21. The van der Waals surface area contributed by atoms with Crippen molar-refractivity contribution >= 4 is 32.9 Å². The number of fused-ring (bicyclic) bond motifs is 3. The van der Waals surface area contributed by atoms with Crippen molar-refractivity contribution in [1.29, 1.82) is 0 Å². The number of hydrogen-bond acceptors (Lipinski definition) is 19. The Hall–Kier alpha value is -9.65. The van der Waals surface area contributed by atoms with Crippen LogP contribution in [0, 0.1) is 0 Å². The third-order valence-corrected chi connectivity index (χ3v) is 9.29. The van der Waals surface area contributed by atoms with Gasteiger partial charge in [0.05, 0.1) is 0 Å². The summed E-state index contributed by atoms with van der Waals surface area (Å²) in [4.78, 5) is 36.3. The lowest BCUT2D eigenvalue weighted by Crippen LogP contribution is -2.02. The van der Waals surface area contributed by atoms with Crippen molar-refractivity contribution in [2.45, 2.75) is 0 Å². The lowest BCUT2D eigenvalue weighted by molar-refractivity contribution is 0.403. The Kier molecular flexibility index (Phi) is 10.9. The fraction of sp³-hybridized carbons (Fsp3) is 0. The molecule has 0 spiro atoms. The zero-order chi connectivity index (χ0) is 46.3. The van der Waals surface area contributed by atoms with Crippen LogP contribution in [0.2, 0.25) is 0 Å². The third-order valence-electron chi connectivity index (χ3n) is 9.29. The molecule has 0 aliphatic rings. The maximum atomic E-state index is 12.1. The van der Waals surface area contributed by atoms with E-state index >= 15 is 0 Å². The molecule has 0 aliphatic carbocycles. The quantitative estimate of drug-likeness (QED) is 0.0836. The molecule has 324 valence electrons. The Morgan fingerprint density at radius 1 is 0.312 bits per heavy atom. The number of rotatable bonds is 3. The average Bonchev–Trinajstić information content (AvgIpc) is 3.22. The third kappa shape index (κ3) is 8.12. The lowest BCUT2D eigenvalue weighted by Gasteiger charge is -2.08. The normalized spacial score (nSPS) is 10.9. The van der Waals surface area contributed by atoms with Crippen LogP contribution in [0.3, 0.4) is 0 Å². The van der Waals surface area contributed by atoms with Crippen molar-refractivity contribution in [1.82, 2.24) is 0 Å². The van der Waals surface area contributed by atoms with Crippen molar-refractivity contribution in [2.75, 3.05) is 0 Å². The summed E-state index contributed by atoms with van der Waals surface area (Å²) in [5.74, 6) is -5.35. The Labute approximate surface area is 354 Å². The van der Waals surface area contributed by atoms with Crippen LogP contribution in [0.5, 0.6) is 74.7 Å². The maximum absolute atomic E-state index is 12.1. The fourth-order valence-corrected chi connectivity index (χ4v) is 6.29. The van der Waals surface area contributed by atoms with Gasteiger partial charge in [0.25, 0.3) is 0 Å². The molecule has 0 saturated heterocycles. The Morgan fingerprint density at radius 3 is 1.17 bits per heavy atom. The van der Waals surface area contributed by atoms with Gasteiger partial charge in [-0.05, 0) is 60.7 Å². The molecule has 0 unspecified atom stereocenters. The van der Waals surface area contributed by atoms with Crippen LogP contribution < -0.4 is 16.3 Å². The first-order chi connectivity index (χ1) is 30.3. The van der Waals surface area contributed by atoms with Gasteiger partial charge in [-0.25, -0.2) is 0 Å². The summed E-state index contributed by atoms with van der Waals surface area (Å²) in [6.07, 6.45) is 0. The van der Waals surface area contributed by atoms with E-state index in [0.717, 1.165) is 42.5 Å². The van der Waals surface area contributed by atoms with Crippen molar-refractivity contribution in [3.63, 3.8) is 0 Å². The van der Waals surface area contributed by atoms with Crippen LogP contribution in [-0.2, 0) is 0 Å². The smallest absolute Gasteiger partial charge is 0.238 e. The molecule has 0 radical (unpaired) electrons. The molecule has 64 heavy (non-hydrogen) atoms. The van der Waals surface area contributed by atoms with Crippen LogP contribution >= 0.6 is 0 Å². The topological polar surface area (TPSA) is 354 Å². The highest BCUT2D eigenvalue weighted by molar-refractivity contribution is 5.90. The fourth-order valence-electron chi connectivity index (χ4n) is 6.29. The second-order valence-corrected chi connectivity index (χ2v) is 13.7. The van der Waals surface area contributed by atoms with Gasteiger partial charge in [-0.15, -0.1) is 0 Å². The Balaban J connectivity index is 0.000000144. The summed E-state index contributed by atoms with van der Waals surface area (Å²) in [5, 5.41) is 124. The van der Waals surface area contributed by atoms with Gasteiger partial charge in [0, 0.05) is 59.2 Å². The zero-order valence-electron chi connectivity index (χ0n) is 32.1. The molecule has 0 amide bonds. The largest absolute Gasteiger partial charge is 0.508 e. The van der Waals surface area contributed by atoms with Crippen molar-refractivity contribution < 1.29 is 79.6 Å². The van der Waals surface area contributed by atoms with Crippen LogP contribution in [0.25, 0.3) is 66.9 Å². The highest BCUT2D eigenvalue weighted by Crippen LogP contribution is 2.39. The lowest BCUT2D eigenvalue weighted by atomic mass is 10.1. The van der Waals surface area contributed by atoms with Gasteiger partial charge in [-0.1, -0.05) is 0 Å². The first-order valence-electron chi connectivity index (χ1n) is 18.1. The first-order valence-corrected chi connectivity index (χ1v) is 18.1. The molecule has 0 atom stereocenters. The van der Waals surface area contributed by atoms with E-state index in [1.54, 1.807) is 0 Å². The molecule has 0 saturated carbocycles. The van der Waals surface area contributed by atoms with E-state index in [1.807, 2.05) is 0 Å². The molecule has 0 fully saturated rings. The maximum Gasteiger partial charge on any atom is 0.238 e. The monoisotopic (exact) mass is 874 g/mol. The van der Waals surface area contributed by atoms with Crippen LogP contribution in [0.4, 0.5) is 0 Å². The molecular formula is C45H30O19. The van der Waals surface area contributed by atoms with E-state index in [0.29, 0.717) is 11.1 Å². The summed E-state index contributed by atoms with van der Waals surface area (Å²) in [7, 11) is 0. The number of phenols is 11. The predicted molar refractivity (Wildman–Crippen MR) is 225 cm³/mol. The van der Waals surface area contributed by atoms with E-state index in [1.165, 1.54) is 60.7 Å². The van der Waals surface area contributed by atoms with Gasteiger partial charge >= 0.3 is 0 Å². The minimum atomic E-state index is -0.888. The molecule has 9 rings (SSSR count). The Morgan fingerprint density at radius 2 is 0.703 bits per heavy atom. The van der Waals surface area contributed by atoms with Crippen LogP contribution in [0.15, 0.2) is 131 Å². The van der Waals surface area contributed by atoms with Crippen LogP contribution in [0.1, 0.15) is 0 Å². The molecule has 9 aromatic rings. The highest BCUT2D eigenvalue weighted by atomic mass is 16.4. The summed E-state index contributed by atoms with van der Waals surface area (Å²) in [6.45, 7) is 0. The minimum absolute atomic E-state index is 0.0163. The minimum Gasteiger partial charge on any atom is -0.508 e. The van der Waals surface area contributed by atoms with Crippen molar-refractivity contribution in [3.8, 4) is 109 Å². The van der Waals surface area contributed by atoms with Gasteiger partial charge in [-0.3, -0.25) is 14.4 Å². The standard InChI is InChI=1S/C15H10O7.2C15H10O6/c16-7-4-10(19)12-11(5-7)22-15(14(21)13(12)20)6-1-2-8(17)9(18)3-6;16-8-3-1-7(2-4-8)15-14(20)13(19)12-10(18)5-9(17)6-11(12)21-15;16-8-4-11(19)15-12(20)6-13(21-14(15)5-8)7-1-2-9(17)10(18)3-7/h1-5,16-19,21H;1-6,16-18,20H;1-6,16-19H. The number of aromatic hydroxyl groups is 13. The number of phenolic OH excluding ortho intramolecular Hbond substituents is 11. The number of benzene rings is 6. The molecule has 0 bridgehead atoms. The first kappa shape index (κ1) is 42.5. The van der Waals surface area contributed by atoms with Gasteiger partial charge in [0.1, 0.15) is 78.9 Å². The molecule has 13 N–H and O–H groups in total. The average molecular weight is 875 g/mol. The summed E-state index contributed by atoms with van der Waals surface area (Å²) >= 11 is 0. The van der Waals surface area contributed by atoms with Gasteiger partial charge < -0.3 is 79.6 Å². The summed E-state index contributed by atoms with van der Waals surface area (Å²) in [5.41, 5.74) is -1.49. The predicted octanol–water partition coefficient (Wildman–Crippen LogP) is 6.55. The molecule has 19 heteroatoms. The molecule has 3 aromatic heterocycles. The van der Waals surface area contributed by atoms with Crippen molar-refractivity contribution in [3.05, 3.63) is 134 Å². The van der Waals surface area contributed by atoms with E-state index in [2.05, 4.69) is 0 Å².